The Morgan fingerprint density at radius 2 is 2.00 bits per heavy atom. The van der Waals surface area contributed by atoms with Crippen molar-refractivity contribution in [2.24, 2.45) is 0 Å². The average molecular weight is 362 g/mol. The summed E-state index contributed by atoms with van der Waals surface area (Å²) in [4.78, 5) is 0. The number of benzene rings is 1. The van der Waals surface area contributed by atoms with E-state index >= 15 is 0 Å². The van der Waals surface area contributed by atoms with Gasteiger partial charge in [-0.2, -0.15) is 5.10 Å². The molecule has 0 spiro atoms. The van der Waals surface area contributed by atoms with Gasteiger partial charge in [0, 0.05) is 12.1 Å². The monoisotopic (exact) mass is 361 g/mol. The van der Waals surface area contributed by atoms with Gasteiger partial charge < -0.3 is 5.32 Å². The highest BCUT2D eigenvalue weighted by Gasteiger charge is 2.25. The topological polar surface area (TPSA) is 29.9 Å². The van der Waals surface area contributed by atoms with Gasteiger partial charge in [0.25, 0.3) is 0 Å². The Hall–Kier alpha value is -1.34. The molecule has 2 rings (SSSR count). The third-order valence-corrected chi connectivity index (χ3v) is 3.82. The number of rotatable bonds is 5. The van der Waals surface area contributed by atoms with E-state index in [-0.39, 0.29) is 5.56 Å². The lowest BCUT2D eigenvalue weighted by atomic mass is 10.0. The number of aromatic nitrogens is 2. The normalized spacial score (nSPS) is 12.7. The SMILES string of the molecule is CCCn1ncc(Br)c1C(NC)c1ccc(F)c(F)c1F. The summed E-state index contributed by atoms with van der Waals surface area (Å²) in [7, 11) is 1.63. The van der Waals surface area contributed by atoms with Gasteiger partial charge in [0.1, 0.15) is 0 Å². The Morgan fingerprint density at radius 1 is 1.29 bits per heavy atom. The third kappa shape index (κ3) is 2.98. The molecule has 1 heterocycles. The van der Waals surface area contributed by atoms with Gasteiger partial charge in [-0.05, 0) is 35.5 Å². The second kappa shape index (κ2) is 6.62. The van der Waals surface area contributed by atoms with Crippen molar-refractivity contribution in [3.8, 4) is 0 Å². The first-order valence-corrected chi connectivity index (χ1v) is 7.32. The van der Waals surface area contributed by atoms with Crippen molar-refractivity contribution in [3.63, 3.8) is 0 Å². The molecule has 0 bridgehead atoms. The van der Waals surface area contributed by atoms with Crippen molar-refractivity contribution in [3.05, 3.63) is 51.5 Å². The molecule has 0 saturated carbocycles. The van der Waals surface area contributed by atoms with Crippen LogP contribution in [0.25, 0.3) is 0 Å². The summed E-state index contributed by atoms with van der Waals surface area (Å²) < 4.78 is 43.0. The molecule has 21 heavy (non-hydrogen) atoms. The molecular formula is C14H15BrF3N3. The Kier molecular flexibility index (Phi) is 5.05. The van der Waals surface area contributed by atoms with Crippen molar-refractivity contribution < 1.29 is 13.2 Å². The summed E-state index contributed by atoms with van der Waals surface area (Å²) >= 11 is 3.37. The number of hydrogen-bond acceptors (Lipinski definition) is 2. The van der Waals surface area contributed by atoms with Crippen LogP contribution in [0, 0.1) is 17.5 Å². The fourth-order valence-electron chi connectivity index (χ4n) is 2.25. The minimum atomic E-state index is -1.47. The van der Waals surface area contributed by atoms with Gasteiger partial charge in [0.2, 0.25) is 0 Å². The second-order valence-electron chi connectivity index (χ2n) is 4.59. The highest BCUT2D eigenvalue weighted by molar-refractivity contribution is 9.10. The number of hydrogen-bond donors (Lipinski definition) is 1. The molecule has 0 saturated heterocycles. The highest BCUT2D eigenvalue weighted by Crippen LogP contribution is 2.31. The molecule has 7 heteroatoms. The number of nitrogens with one attached hydrogen (secondary N) is 1. The van der Waals surface area contributed by atoms with E-state index in [9.17, 15) is 13.2 Å². The molecule has 114 valence electrons. The lowest BCUT2D eigenvalue weighted by molar-refractivity contribution is 0.431. The van der Waals surface area contributed by atoms with Gasteiger partial charge in [-0.3, -0.25) is 4.68 Å². The summed E-state index contributed by atoms with van der Waals surface area (Å²) in [5.74, 6) is -3.86. The summed E-state index contributed by atoms with van der Waals surface area (Å²) in [5, 5.41) is 7.14. The van der Waals surface area contributed by atoms with Crippen LogP contribution in [0.15, 0.2) is 22.8 Å². The van der Waals surface area contributed by atoms with E-state index < -0.39 is 23.5 Å². The van der Waals surface area contributed by atoms with Crippen LogP contribution in [-0.2, 0) is 6.54 Å². The van der Waals surface area contributed by atoms with E-state index in [4.69, 9.17) is 0 Å². The van der Waals surface area contributed by atoms with Gasteiger partial charge in [-0.15, -0.1) is 0 Å². The van der Waals surface area contributed by atoms with Crippen LogP contribution in [-0.4, -0.2) is 16.8 Å². The largest absolute Gasteiger partial charge is 0.308 e. The van der Waals surface area contributed by atoms with Crippen molar-refractivity contribution in [1.82, 2.24) is 15.1 Å². The molecule has 0 radical (unpaired) electrons. The second-order valence-corrected chi connectivity index (χ2v) is 5.44. The van der Waals surface area contributed by atoms with Crippen molar-refractivity contribution in [2.75, 3.05) is 7.05 Å². The molecule has 0 amide bonds. The van der Waals surface area contributed by atoms with E-state index in [2.05, 4.69) is 26.3 Å². The summed E-state index contributed by atoms with van der Waals surface area (Å²) in [6.07, 6.45) is 2.45. The summed E-state index contributed by atoms with van der Waals surface area (Å²) in [6, 6.07) is 1.53. The summed E-state index contributed by atoms with van der Waals surface area (Å²) in [5.41, 5.74) is 0.708. The fourth-order valence-corrected chi connectivity index (χ4v) is 2.78. The zero-order valence-corrected chi connectivity index (χ0v) is 13.2. The van der Waals surface area contributed by atoms with Crippen LogP contribution in [0.1, 0.15) is 30.6 Å². The maximum absolute atomic E-state index is 14.0. The van der Waals surface area contributed by atoms with Crippen molar-refractivity contribution in [2.45, 2.75) is 25.9 Å². The Balaban J connectivity index is 2.55. The van der Waals surface area contributed by atoms with Crippen LogP contribution < -0.4 is 5.32 Å². The van der Waals surface area contributed by atoms with Crippen molar-refractivity contribution in [1.29, 1.82) is 0 Å². The molecule has 0 aliphatic carbocycles. The molecule has 1 unspecified atom stereocenters. The first kappa shape index (κ1) is 16.0. The van der Waals surface area contributed by atoms with Crippen LogP contribution in [0.5, 0.6) is 0 Å². The molecule has 3 nitrogen and oxygen atoms in total. The van der Waals surface area contributed by atoms with E-state index in [1.54, 1.807) is 17.9 Å². The minimum absolute atomic E-state index is 0.0370. The molecular weight excluding hydrogens is 347 g/mol. The van der Waals surface area contributed by atoms with Crippen LogP contribution >= 0.6 is 15.9 Å². The lowest BCUT2D eigenvalue weighted by Gasteiger charge is -2.20. The molecule has 1 atom stereocenters. The van der Waals surface area contributed by atoms with Crippen LogP contribution in [0.2, 0.25) is 0 Å². The zero-order valence-electron chi connectivity index (χ0n) is 11.6. The first-order valence-electron chi connectivity index (χ1n) is 6.53. The van der Waals surface area contributed by atoms with Gasteiger partial charge in [-0.25, -0.2) is 13.2 Å². The number of nitrogens with zero attached hydrogens (tertiary/aromatic N) is 2. The summed E-state index contributed by atoms with van der Waals surface area (Å²) in [6.45, 7) is 2.64. The smallest absolute Gasteiger partial charge is 0.194 e. The Labute approximate surface area is 129 Å². The predicted octanol–water partition coefficient (Wildman–Crippen LogP) is 3.78. The highest BCUT2D eigenvalue weighted by atomic mass is 79.9. The van der Waals surface area contributed by atoms with E-state index in [1.165, 1.54) is 6.07 Å². The maximum atomic E-state index is 14.0. The number of aryl methyl sites for hydroxylation is 1. The van der Waals surface area contributed by atoms with Crippen LogP contribution in [0.3, 0.4) is 0 Å². The Bertz CT molecular complexity index is 643. The van der Waals surface area contributed by atoms with E-state index in [0.717, 1.165) is 12.5 Å². The number of halogens is 4. The third-order valence-electron chi connectivity index (χ3n) is 3.21. The molecule has 1 aromatic carbocycles. The average Bonchev–Trinajstić information content (AvgIpc) is 2.82. The van der Waals surface area contributed by atoms with Crippen LogP contribution in [0.4, 0.5) is 13.2 Å². The predicted molar refractivity (Wildman–Crippen MR) is 77.4 cm³/mol. The van der Waals surface area contributed by atoms with E-state index in [1.807, 2.05) is 6.92 Å². The quantitative estimate of drug-likeness (QED) is 0.821. The fraction of sp³-hybridized carbons (Fsp3) is 0.357. The lowest BCUT2D eigenvalue weighted by Crippen LogP contribution is -2.23. The molecule has 0 aliphatic rings. The maximum Gasteiger partial charge on any atom is 0.194 e. The van der Waals surface area contributed by atoms with Gasteiger partial charge in [0.15, 0.2) is 17.5 Å². The Morgan fingerprint density at radius 3 is 2.62 bits per heavy atom. The molecule has 1 N–H and O–H groups in total. The molecule has 1 aromatic heterocycles. The standard InChI is InChI=1S/C14H15BrF3N3/c1-3-6-21-14(9(15)7-20-21)13(19-2)8-4-5-10(16)12(18)11(8)17/h4-5,7,13,19H,3,6H2,1-2H3. The van der Waals surface area contributed by atoms with Crippen molar-refractivity contribution >= 4 is 15.9 Å². The molecule has 0 aliphatic heterocycles. The van der Waals surface area contributed by atoms with Gasteiger partial charge >= 0.3 is 0 Å². The first-order chi connectivity index (χ1) is 10.0. The van der Waals surface area contributed by atoms with Gasteiger partial charge in [0.05, 0.1) is 22.4 Å². The van der Waals surface area contributed by atoms with Gasteiger partial charge in [-0.1, -0.05) is 13.0 Å². The molecule has 2 aromatic rings. The minimum Gasteiger partial charge on any atom is -0.308 e. The zero-order chi connectivity index (χ0) is 15.6. The molecule has 0 fully saturated rings. The van der Waals surface area contributed by atoms with E-state index in [0.29, 0.717) is 16.7 Å².